The van der Waals surface area contributed by atoms with Crippen molar-refractivity contribution in [1.82, 2.24) is 5.78 Å². The zero-order valence-corrected chi connectivity index (χ0v) is 22.8. The van der Waals surface area contributed by atoms with Crippen LogP contribution in [0.4, 0.5) is 0 Å². The second-order valence-corrected chi connectivity index (χ2v) is 10.5. The van der Waals surface area contributed by atoms with Crippen LogP contribution in [-0.4, -0.2) is 30.7 Å². The second-order valence-electron chi connectivity index (χ2n) is 5.93. The average molecular weight is 663 g/mol. The first-order valence-electron chi connectivity index (χ1n) is 8.49. The van der Waals surface area contributed by atoms with Crippen LogP contribution in [0.15, 0.2) is 48.5 Å². The molecule has 2 rings (SSSR count). The van der Waals surface area contributed by atoms with E-state index in [-0.39, 0.29) is 45.8 Å². The molecule has 2 aromatic carbocycles. The van der Waals surface area contributed by atoms with Gasteiger partial charge in [-0.2, -0.15) is 0 Å². The first kappa shape index (κ1) is 26.2. The monoisotopic (exact) mass is 662 g/mol. The number of halogens is 2. The number of benzene rings is 2. The van der Waals surface area contributed by atoms with Crippen LogP contribution in [0.1, 0.15) is 45.7 Å². The first-order chi connectivity index (χ1) is 12.0. The third-order valence-corrected chi connectivity index (χ3v) is 9.43. The number of aryl methyl sites for hydroxylation is 2. The van der Waals surface area contributed by atoms with Crippen molar-refractivity contribution >= 4 is 11.8 Å². The Morgan fingerprint density at radius 1 is 0.704 bits per heavy atom. The van der Waals surface area contributed by atoms with Gasteiger partial charge < -0.3 is 34.0 Å². The molecule has 27 heavy (non-hydrogen) atoms. The van der Waals surface area contributed by atoms with Crippen LogP contribution in [0.2, 0.25) is 0 Å². The summed E-state index contributed by atoms with van der Waals surface area (Å²) < 4.78 is 3.78. The molecule has 7 heteroatoms. The van der Waals surface area contributed by atoms with Crippen molar-refractivity contribution in [2.75, 3.05) is 13.1 Å². The summed E-state index contributed by atoms with van der Waals surface area (Å²) in [6.07, 6.45) is 0. The Bertz CT molecular complexity index is 673. The van der Waals surface area contributed by atoms with E-state index in [1.165, 1.54) is 0 Å². The van der Waals surface area contributed by atoms with Crippen molar-refractivity contribution in [1.29, 1.82) is 0 Å². The van der Waals surface area contributed by atoms with Gasteiger partial charge in [0.2, 0.25) is 0 Å². The Kier molecular flexibility index (Phi) is 12.3. The molecule has 0 aliphatic carbocycles. The maximum atomic E-state index is 12.8. The van der Waals surface area contributed by atoms with Gasteiger partial charge >= 0.3 is 162 Å². The summed E-state index contributed by atoms with van der Waals surface area (Å²) in [5.74, 6) is 0.0574. The smallest absolute Gasteiger partial charge is 1.00 e. The minimum atomic E-state index is -1.79. The molecule has 0 aromatic heterocycles. The third kappa shape index (κ3) is 7.27. The van der Waals surface area contributed by atoms with Gasteiger partial charge in [0.25, 0.3) is 0 Å². The Morgan fingerprint density at radius 3 is 1.26 bits per heavy atom. The number of carbonyl (C=O) groups is 2. The molecule has 0 fully saturated rings. The van der Waals surface area contributed by atoms with E-state index in [1.54, 1.807) is 0 Å². The fraction of sp³-hybridized carbons (Fsp3) is 0.300. The molecule has 4 nitrogen and oxygen atoms in total. The Hall–Kier alpha value is -0.790. The summed E-state index contributed by atoms with van der Waals surface area (Å²) in [7, 11) is 0. The predicted octanol–water partition coefficient (Wildman–Crippen LogP) is -2.15. The van der Waals surface area contributed by atoms with Crippen molar-refractivity contribution in [3.05, 3.63) is 70.8 Å². The molecule has 0 aliphatic rings. The van der Waals surface area contributed by atoms with Gasteiger partial charge in [0, 0.05) is 0 Å². The number of carbonyl (C=O) groups excluding carboxylic acids is 2. The van der Waals surface area contributed by atoms with Crippen molar-refractivity contribution in [2.45, 2.75) is 27.7 Å². The number of nitrogens with zero attached hydrogens (tertiary/aromatic N) is 2. The topological polar surface area (TPSA) is 40.6 Å². The molecule has 0 heterocycles. The fourth-order valence-corrected chi connectivity index (χ4v) is 6.01. The van der Waals surface area contributed by atoms with E-state index in [9.17, 15) is 9.59 Å². The normalized spacial score (nSPS) is 9.33. The minimum absolute atomic E-state index is 0. The van der Waals surface area contributed by atoms with Crippen LogP contribution in [0.5, 0.6) is 0 Å². The van der Waals surface area contributed by atoms with E-state index in [1.807, 2.05) is 82.0 Å². The van der Waals surface area contributed by atoms with Crippen molar-refractivity contribution in [3.8, 4) is 0 Å². The van der Waals surface area contributed by atoms with Gasteiger partial charge in [-0.15, -0.1) is 0 Å². The SMILES string of the molecule is CC[N]([Hf+2][N](CC)C(=O)c1ccc(C)cc1)C(=O)c1ccc(C)cc1.[Br-].[Br-]. The molecule has 0 atom stereocenters. The molecule has 2 amide bonds. The maximum Gasteiger partial charge on any atom is -1.00 e. The molecule has 0 radical (unpaired) electrons. The van der Waals surface area contributed by atoms with E-state index in [2.05, 4.69) is 0 Å². The average Bonchev–Trinajstić information content (AvgIpc) is 2.63. The second kappa shape index (κ2) is 12.6. The van der Waals surface area contributed by atoms with E-state index >= 15 is 0 Å². The summed E-state index contributed by atoms with van der Waals surface area (Å²) in [6, 6.07) is 15.2. The quantitative estimate of drug-likeness (QED) is 0.332. The largest absolute Gasteiger partial charge is 1.00 e. The standard InChI is InChI=1S/2C10H13NO.2BrH.Hf/c2*1-3-11-10(12)9-6-4-8(2)5-7-9;;;/h2*4-7H,3H2,1-2H3,(H,11,12);2*1H;/q;;;;+4/p-4. The van der Waals surface area contributed by atoms with E-state index < -0.39 is 23.5 Å². The number of amides is 2. The Morgan fingerprint density at radius 2 is 1.00 bits per heavy atom. The molecular weight excluding hydrogens is 639 g/mol. The zero-order chi connectivity index (χ0) is 18.4. The summed E-state index contributed by atoms with van der Waals surface area (Å²) in [5.41, 5.74) is 3.65. The van der Waals surface area contributed by atoms with Crippen molar-refractivity contribution < 1.29 is 67.0 Å². The van der Waals surface area contributed by atoms with Crippen molar-refractivity contribution in [2.24, 2.45) is 0 Å². The fourth-order valence-electron chi connectivity index (χ4n) is 2.37. The van der Waals surface area contributed by atoms with Gasteiger partial charge in [-0.05, 0) is 0 Å². The third-order valence-electron chi connectivity index (χ3n) is 3.96. The first-order valence-corrected chi connectivity index (χ1v) is 11.7. The van der Waals surface area contributed by atoms with Crippen LogP contribution in [0, 0.1) is 13.8 Å². The molecule has 0 saturated carbocycles. The van der Waals surface area contributed by atoms with E-state index in [0.717, 1.165) is 11.1 Å². The molecular formula is C20H24Br2HfN2O2. The number of rotatable bonds is 6. The van der Waals surface area contributed by atoms with Gasteiger partial charge in [0.15, 0.2) is 0 Å². The van der Waals surface area contributed by atoms with Gasteiger partial charge in [-0.1, -0.05) is 0 Å². The zero-order valence-electron chi connectivity index (χ0n) is 16.0. The summed E-state index contributed by atoms with van der Waals surface area (Å²) >= 11 is -1.79. The molecule has 2 aromatic rings. The molecule has 0 unspecified atom stereocenters. The Labute approximate surface area is 195 Å². The van der Waals surface area contributed by atoms with Gasteiger partial charge in [0.1, 0.15) is 0 Å². The predicted molar refractivity (Wildman–Crippen MR) is 95.8 cm³/mol. The van der Waals surface area contributed by atoms with Crippen LogP contribution in [0.3, 0.4) is 0 Å². The van der Waals surface area contributed by atoms with Gasteiger partial charge in [-0.3, -0.25) is 0 Å². The van der Waals surface area contributed by atoms with Crippen LogP contribution in [-0.2, 0) is 23.5 Å². The van der Waals surface area contributed by atoms with E-state index in [4.69, 9.17) is 0 Å². The summed E-state index contributed by atoms with van der Waals surface area (Å²) in [6.45, 7) is 9.22. The molecule has 0 bridgehead atoms. The minimum Gasteiger partial charge on any atom is -1.00 e. The molecule has 0 spiro atoms. The number of hydrogen-bond donors (Lipinski definition) is 0. The van der Waals surface area contributed by atoms with Gasteiger partial charge in [0.05, 0.1) is 0 Å². The van der Waals surface area contributed by atoms with Crippen molar-refractivity contribution in [3.63, 3.8) is 0 Å². The summed E-state index contributed by atoms with van der Waals surface area (Å²) in [4.78, 5) is 25.6. The molecule has 0 N–H and O–H groups in total. The molecule has 144 valence electrons. The van der Waals surface area contributed by atoms with E-state index in [0.29, 0.717) is 24.2 Å². The maximum absolute atomic E-state index is 12.8. The van der Waals surface area contributed by atoms with Gasteiger partial charge in [-0.25, -0.2) is 0 Å². The van der Waals surface area contributed by atoms with Crippen LogP contribution in [0.25, 0.3) is 0 Å². The van der Waals surface area contributed by atoms with Crippen LogP contribution >= 0.6 is 0 Å². The number of hydrogen-bond acceptors (Lipinski definition) is 2. The summed E-state index contributed by atoms with van der Waals surface area (Å²) in [5, 5.41) is 0. The molecule has 0 saturated heterocycles. The molecule has 0 aliphatic heterocycles. The Balaban J connectivity index is 0.00000338. The van der Waals surface area contributed by atoms with Crippen LogP contribution < -0.4 is 34.0 Å².